The molecule has 9 heavy (non-hydrogen) atoms. The van der Waals surface area contributed by atoms with Gasteiger partial charge in [-0.3, -0.25) is 0 Å². The molecule has 0 aliphatic carbocycles. The number of aryl methyl sites for hydroxylation is 1. The fraction of sp³-hybridized carbons (Fsp3) is 0.143. The fourth-order valence-electron chi connectivity index (χ4n) is 0.612. The van der Waals surface area contributed by atoms with E-state index in [4.69, 9.17) is 11.6 Å². The van der Waals surface area contributed by atoms with Gasteiger partial charge in [-0.2, -0.15) is 0 Å². The molecule has 0 unspecified atom stereocenters. The molecule has 0 bridgehead atoms. The summed E-state index contributed by atoms with van der Waals surface area (Å²) in [4.78, 5) is 0. The summed E-state index contributed by atoms with van der Waals surface area (Å²) in [6.45, 7) is 2.00. The van der Waals surface area contributed by atoms with Gasteiger partial charge in [-0.1, -0.05) is 23.7 Å². The summed E-state index contributed by atoms with van der Waals surface area (Å²) in [5, 5.41) is 0.873. The van der Waals surface area contributed by atoms with Crippen molar-refractivity contribution in [3.05, 3.63) is 32.4 Å². The molecule has 0 nitrogen and oxygen atoms in total. The smallest absolute Gasteiger partial charge is 0.0568 e. The fourth-order valence-corrected chi connectivity index (χ4v) is 1.37. The highest BCUT2D eigenvalue weighted by atomic mass is 127. The van der Waals surface area contributed by atoms with Crippen LogP contribution in [-0.4, -0.2) is 0 Å². The lowest BCUT2D eigenvalue weighted by Crippen LogP contribution is -1.76. The van der Waals surface area contributed by atoms with E-state index in [1.807, 2.05) is 25.1 Å². The first-order chi connectivity index (χ1) is 4.22. The molecule has 0 N–H and O–H groups in total. The van der Waals surface area contributed by atoms with Gasteiger partial charge >= 0.3 is 0 Å². The van der Waals surface area contributed by atoms with Gasteiger partial charge in [-0.25, -0.2) is 0 Å². The minimum Gasteiger partial charge on any atom is -0.0829 e. The van der Waals surface area contributed by atoms with Crippen molar-refractivity contribution in [2.75, 3.05) is 0 Å². The zero-order valence-corrected chi connectivity index (χ0v) is 7.90. The third-order valence-corrected chi connectivity index (χ3v) is 2.86. The molecule has 0 aliphatic heterocycles. The summed E-state index contributed by atoms with van der Waals surface area (Å²) in [6.07, 6.45) is 0. The molecule has 0 aromatic heterocycles. The van der Waals surface area contributed by atoms with E-state index >= 15 is 0 Å². The van der Waals surface area contributed by atoms with Crippen molar-refractivity contribution in [3.63, 3.8) is 0 Å². The van der Waals surface area contributed by atoms with Crippen molar-refractivity contribution in [2.24, 2.45) is 0 Å². The normalized spacial score (nSPS) is 9.67. The molecule has 48 valence electrons. The van der Waals surface area contributed by atoms with Crippen LogP contribution in [0.25, 0.3) is 0 Å². The van der Waals surface area contributed by atoms with Gasteiger partial charge in [0, 0.05) is 3.57 Å². The maximum atomic E-state index is 5.87. The third-order valence-electron chi connectivity index (χ3n) is 1.14. The van der Waals surface area contributed by atoms with E-state index in [0.717, 1.165) is 14.2 Å². The lowest BCUT2D eigenvalue weighted by Gasteiger charge is -1.96. The van der Waals surface area contributed by atoms with Crippen molar-refractivity contribution >= 4 is 34.2 Å². The second-order valence-corrected chi connectivity index (χ2v) is 3.41. The third kappa shape index (κ3) is 1.58. The quantitative estimate of drug-likeness (QED) is 0.622. The molecule has 0 fully saturated rings. The topological polar surface area (TPSA) is 0 Å². The van der Waals surface area contributed by atoms with Gasteiger partial charge in [0.25, 0.3) is 0 Å². The van der Waals surface area contributed by atoms with Crippen LogP contribution in [-0.2, 0) is 0 Å². The van der Waals surface area contributed by atoms with Crippen molar-refractivity contribution in [1.82, 2.24) is 0 Å². The molecule has 2 heteroatoms. The van der Waals surface area contributed by atoms with Crippen molar-refractivity contribution in [2.45, 2.75) is 6.92 Å². The number of hydrogen-bond donors (Lipinski definition) is 0. The monoisotopic (exact) mass is 252 g/mol. The highest BCUT2D eigenvalue weighted by molar-refractivity contribution is 14.1. The lowest BCUT2D eigenvalue weighted by molar-refractivity contribution is 1.45. The number of hydrogen-bond acceptors (Lipinski definition) is 0. The molecule has 0 heterocycles. The SMILES string of the molecule is Cc1cccc(I)c1Cl. The van der Waals surface area contributed by atoms with Crippen LogP contribution in [0.15, 0.2) is 18.2 Å². The van der Waals surface area contributed by atoms with Crippen LogP contribution >= 0.6 is 34.2 Å². The highest BCUT2D eigenvalue weighted by Crippen LogP contribution is 2.21. The van der Waals surface area contributed by atoms with Gasteiger partial charge in [0.05, 0.1) is 5.02 Å². The summed E-state index contributed by atoms with van der Waals surface area (Å²) < 4.78 is 1.12. The largest absolute Gasteiger partial charge is 0.0829 e. The molecule has 1 aromatic carbocycles. The Morgan fingerprint density at radius 3 is 2.56 bits per heavy atom. The second-order valence-electron chi connectivity index (χ2n) is 1.87. The predicted molar refractivity (Wildman–Crippen MR) is 48.9 cm³/mol. The van der Waals surface area contributed by atoms with Crippen LogP contribution in [0.3, 0.4) is 0 Å². The van der Waals surface area contributed by atoms with Crippen molar-refractivity contribution in [1.29, 1.82) is 0 Å². The summed E-state index contributed by atoms with van der Waals surface area (Å²) >= 11 is 8.09. The Bertz CT molecular complexity index is 200. The van der Waals surface area contributed by atoms with E-state index in [1.54, 1.807) is 0 Å². The second kappa shape index (κ2) is 2.88. The highest BCUT2D eigenvalue weighted by Gasteiger charge is 1.96. The molecule has 0 atom stereocenters. The van der Waals surface area contributed by atoms with Gasteiger partial charge < -0.3 is 0 Å². The predicted octanol–water partition coefficient (Wildman–Crippen LogP) is 3.25. The van der Waals surface area contributed by atoms with Crippen LogP contribution in [0.4, 0.5) is 0 Å². The molecule has 0 saturated carbocycles. The van der Waals surface area contributed by atoms with Gasteiger partial charge in [0.1, 0.15) is 0 Å². The maximum absolute atomic E-state index is 5.87. The molecule has 0 radical (unpaired) electrons. The standard InChI is InChI=1S/C7H6ClI/c1-5-3-2-4-6(9)7(5)8/h2-4H,1H3. The van der Waals surface area contributed by atoms with E-state index < -0.39 is 0 Å². The van der Waals surface area contributed by atoms with Crippen molar-refractivity contribution < 1.29 is 0 Å². The Kier molecular flexibility index (Phi) is 2.35. The summed E-state index contributed by atoms with van der Waals surface area (Å²) in [6, 6.07) is 6.00. The van der Waals surface area contributed by atoms with E-state index in [2.05, 4.69) is 22.6 Å². The van der Waals surface area contributed by atoms with Gasteiger partial charge in [0.15, 0.2) is 0 Å². The van der Waals surface area contributed by atoms with E-state index in [1.165, 1.54) is 0 Å². The zero-order valence-electron chi connectivity index (χ0n) is 4.99. The average molecular weight is 252 g/mol. The van der Waals surface area contributed by atoms with Gasteiger partial charge in [-0.05, 0) is 41.1 Å². The first-order valence-electron chi connectivity index (χ1n) is 2.62. The van der Waals surface area contributed by atoms with Gasteiger partial charge in [0.2, 0.25) is 0 Å². The van der Waals surface area contributed by atoms with E-state index in [9.17, 15) is 0 Å². The van der Waals surface area contributed by atoms with Crippen LogP contribution in [0.2, 0.25) is 5.02 Å². The summed E-state index contributed by atoms with van der Waals surface area (Å²) in [7, 11) is 0. The molecule has 0 amide bonds. The minimum absolute atomic E-state index is 0.873. The minimum atomic E-state index is 0.873. The molecule has 1 aromatic rings. The average Bonchev–Trinajstić information content (AvgIpc) is 1.83. The Labute approximate surface area is 73.4 Å². The summed E-state index contributed by atoms with van der Waals surface area (Å²) in [5.74, 6) is 0. The number of benzene rings is 1. The molecule has 0 saturated heterocycles. The van der Waals surface area contributed by atoms with E-state index in [-0.39, 0.29) is 0 Å². The number of halogens is 2. The van der Waals surface area contributed by atoms with Crippen LogP contribution in [0, 0.1) is 10.5 Å². The zero-order chi connectivity index (χ0) is 6.85. The molecule has 0 aliphatic rings. The molecular weight excluding hydrogens is 246 g/mol. The number of rotatable bonds is 0. The Morgan fingerprint density at radius 2 is 2.11 bits per heavy atom. The molecular formula is C7H6ClI. The lowest BCUT2D eigenvalue weighted by atomic mass is 10.2. The van der Waals surface area contributed by atoms with Crippen molar-refractivity contribution in [3.8, 4) is 0 Å². The van der Waals surface area contributed by atoms with Crippen LogP contribution in [0.1, 0.15) is 5.56 Å². The molecule has 1 rings (SSSR count). The maximum Gasteiger partial charge on any atom is 0.0568 e. The Balaban J connectivity index is 3.25. The van der Waals surface area contributed by atoms with E-state index in [0.29, 0.717) is 0 Å². The Morgan fingerprint density at radius 1 is 1.44 bits per heavy atom. The van der Waals surface area contributed by atoms with Crippen LogP contribution < -0.4 is 0 Å². The van der Waals surface area contributed by atoms with Gasteiger partial charge in [-0.15, -0.1) is 0 Å². The first kappa shape index (κ1) is 7.35. The molecule has 0 spiro atoms. The Hall–Kier alpha value is 0.240. The first-order valence-corrected chi connectivity index (χ1v) is 4.08. The van der Waals surface area contributed by atoms with Crippen LogP contribution in [0.5, 0.6) is 0 Å². The summed E-state index contributed by atoms with van der Waals surface area (Å²) in [5.41, 5.74) is 1.14.